The highest BCUT2D eigenvalue weighted by atomic mass is 15.2. The molecule has 1 N–H and O–H groups in total. The van der Waals surface area contributed by atoms with Crippen molar-refractivity contribution in [2.24, 2.45) is 0 Å². The van der Waals surface area contributed by atoms with Crippen molar-refractivity contribution in [2.75, 3.05) is 26.2 Å². The molecule has 98 valence electrons. The Hall–Kier alpha value is -1.12. The average Bonchev–Trinajstić information content (AvgIpc) is 2.40. The third-order valence-corrected chi connectivity index (χ3v) is 3.66. The quantitative estimate of drug-likeness (QED) is 0.801. The summed E-state index contributed by atoms with van der Waals surface area (Å²) in [5.41, 5.74) is 2.81. The lowest BCUT2D eigenvalue weighted by Crippen LogP contribution is -2.45. The van der Waals surface area contributed by atoms with Gasteiger partial charge in [0.2, 0.25) is 0 Å². The Kier molecular flexibility index (Phi) is 4.97. The highest BCUT2D eigenvalue weighted by Crippen LogP contribution is 2.26. The monoisotopic (exact) mass is 244 g/mol. The Balaban J connectivity index is 2.15. The molecule has 1 fully saturated rings. The Bertz CT molecular complexity index is 380. The fourth-order valence-electron chi connectivity index (χ4n) is 2.71. The second-order valence-corrected chi connectivity index (χ2v) is 5.08. The highest BCUT2D eigenvalue weighted by Gasteiger charge is 2.21. The fourth-order valence-corrected chi connectivity index (χ4v) is 2.71. The molecule has 1 atom stereocenters. The molecule has 1 saturated heterocycles. The Morgan fingerprint density at radius 1 is 1.39 bits per heavy atom. The summed E-state index contributed by atoms with van der Waals surface area (Å²) in [7, 11) is 0. The van der Waals surface area contributed by atoms with Crippen molar-refractivity contribution < 1.29 is 0 Å². The van der Waals surface area contributed by atoms with Crippen LogP contribution >= 0.6 is 0 Å². The summed E-state index contributed by atoms with van der Waals surface area (Å²) >= 11 is 0. The van der Waals surface area contributed by atoms with Gasteiger partial charge in [0.05, 0.1) is 0 Å². The predicted octanol–water partition coefficient (Wildman–Crippen LogP) is 2.91. The van der Waals surface area contributed by atoms with E-state index in [1.165, 1.54) is 17.5 Å². The molecule has 1 aromatic rings. The van der Waals surface area contributed by atoms with Gasteiger partial charge in [-0.25, -0.2) is 0 Å². The van der Waals surface area contributed by atoms with E-state index in [4.69, 9.17) is 0 Å². The van der Waals surface area contributed by atoms with E-state index >= 15 is 0 Å². The molecule has 0 amide bonds. The number of allylic oxidation sites excluding steroid dienone is 1. The van der Waals surface area contributed by atoms with Crippen LogP contribution in [0, 0.1) is 6.92 Å². The first-order valence-corrected chi connectivity index (χ1v) is 6.93. The van der Waals surface area contributed by atoms with Gasteiger partial charge in [0.25, 0.3) is 0 Å². The number of rotatable bonds is 5. The highest BCUT2D eigenvalue weighted by molar-refractivity contribution is 5.25. The first-order valence-electron chi connectivity index (χ1n) is 6.93. The summed E-state index contributed by atoms with van der Waals surface area (Å²) in [6, 6.07) is 9.49. The number of nitrogens with one attached hydrogen (secondary N) is 1. The molecule has 0 unspecified atom stereocenters. The summed E-state index contributed by atoms with van der Waals surface area (Å²) < 4.78 is 0. The van der Waals surface area contributed by atoms with Gasteiger partial charge < -0.3 is 5.32 Å². The van der Waals surface area contributed by atoms with Crippen LogP contribution in [0.2, 0.25) is 0 Å². The van der Waals surface area contributed by atoms with Crippen molar-refractivity contribution in [3.8, 4) is 0 Å². The van der Waals surface area contributed by atoms with Crippen molar-refractivity contribution in [3.63, 3.8) is 0 Å². The molecule has 2 heteroatoms. The zero-order chi connectivity index (χ0) is 12.8. The van der Waals surface area contributed by atoms with E-state index in [0.29, 0.717) is 6.04 Å². The number of hydrogen-bond donors (Lipinski definition) is 1. The lowest BCUT2D eigenvalue weighted by molar-refractivity contribution is 0.166. The first-order chi connectivity index (χ1) is 8.81. The molecule has 0 saturated carbocycles. The lowest BCUT2D eigenvalue weighted by atomic mass is 9.98. The predicted molar refractivity (Wildman–Crippen MR) is 77.8 cm³/mol. The van der Waals surface area contributed by atoms with Crippen LogP contribution in [0.1, 0.15) is 30.0 Å². The molecule has 2 rings (SSSR count). The number of aryl methyl sites for hydroxylation is 1. The van der Waals surface area contributed by atoms with Gasteiger partial charge in [-0.15, -0.1) is 6.58 Å². The summed E-state index contributed by atoms with van der Waals surface area (Å²) in [4.78, 5) is 2.61. The molecule has 0 radical (unpaired) electrons. The van der Waals surface area contributed by atoms with Crippen LogP contribution in [-0.4, -0.2) is 31.1 Å². The molecule has 0 aromatic heterocycles. The van der Waals surface area contributed by atoms with Crippen molar-refractivity contribution >= 4 is 0 Å². The van der Waals surface area contributed by atoms with E-state index in [2.05, 4.69) is 48.0 Å². The van der Waals surface area contributed by atoms with Gasteiger partial charge >= 0.3 is 0 Å². The van der Waals surface area contributed by atoms with Crippen LogP contribution in [-0.2, 0) is 0 Å². The van der Waals surface area contributed by atoms with E-state index in [9.17, 15) is 0 Å². The van der Waals surface area contributed by atoms with Crippen molar-refractivity contribution in [1.29, 1.82) is 0 Å². The van der Waals surface area contributed by atoms with E-state index in [1.807, 2.05) is 6.08 Å². The van der Waals surface area contributed by atoms with Gasteiger partial charge in [0.15, 0.2) is 0 Å². The van der Waals surface area contributed by atoms with Gasteiger partial charge in [0.1, 0.15) is 0 Å². The number of hydrogen-bond acceptors (Lipinski definition) is 2. The fraction of sp³-hybridized carbons (Fsp3) is 0.500. The van der Waals surface area contributed by atoms with E-state index in [-0.39, 0.29) is 0 Å². The molecule has 1 heterocycles. The Labute approximate surface area is 111 Å². The van der Waals surface area contributed by atoms with E-state index in [1.54, 1.807) is 0 Å². The SMILES string of the molecule is C=CCC[C@H](c1cccc(C)c1)N1CCNCC1. The van der Waals surface area contributed by atoms with E-state index in [0.717, 1.165) is 32.6 Å². The maximum absolute atomic E-state index is 3.86. The molecule has 18 heavy (non-hydrogen) atoms. The van der Waals surface area contributed by atoms with Crippen LogP contribution in [0.25, 0.3) is 0 Å². The molecule has 0 aliphatic carbocycles. The maximum atomic E-state index is 3.86. The van der Waals surface area contributed by atoms with Gasteiger partial charge in [-0.3, -0.25) is 4.90 Å². The molecule has 1 aromatic carbocycles. The van der Waals surface area contributed by atoms with Crippen LogP contribution in [0.3, 0.4) is 0 Å². The van der Waals surface area contributed by atoms with Gasteiger partial charge in [-0.2, -0.15) is 0 Å². The smallest absolute Gasteiger partial charge is 0.0352 e. The van der Waals surface area contributed by atoms with Gasteiger partial charge in [-0.05, 0) is 25.3 Å². The molecule has 1 aliphatic heterocycles. The van der Waals surface area contributed by atoms with E-state index < -0.39 is 0 Å². The minimum absolute atomic E-state index is 0.546. The van der Waals surface area contributed by atoms with Gasteiger partial charge in [-0.1, -0.05) is 35.9 Å². The lowest BCUT2D eigenvalue weighted by Gasteiger charge is -2.35. The van der Waals surface area contributed by atoms with Crippen molar-refractivity contribution in [3.05, 3.63) is 48.0 Å². The second kappa shape index (κ2) is 6.72. The largest absolute Gasteiger partial charge is 0.314 e. The third kappa shape index (κ3) is 3.44. The number of nitrogens with zero attached hydrogens (tertiary/aromatic N) is 1. The van der Waals surface area contributed by atoms with Crippen molar-refractivity contribution in [1.82, 2.24) is 10.2 Å². The summed E-state index contributed by atoms with van der Waals surface area (Å²) in [6.07, 6.45) is 4.29. The van der Waals surface area contributed by atoms with Crippen LogP contribution in [0.15, 0.2) is 36.9 Å². The molecular formula is C16H24N2. The Morgan fingerprint density at radius 3 is 2.83 bits per heavy atom. The third-order valence-electron chi connectivity index (χ3n) is 3.66. The average molecular weight is 244 g/mol. The normalized spacial score (nSPS) is 18.5. The summed E-state index contributed by atoms with van der Waals surface area (Å²) in [5.74, 6) is 0. The van der Waals surface area contributed by atoms with Crippen LogP contribution in [0.4, 0.5) is 0 Å². The molecule has 1 aliphatic rings. The topological polar surface area (TPSA) is 15.3 Å². The zero-order valence-electron chi connectivity index (χ0n) is 11.4. The minimum Gasteiger partial charge on any atom is -0.314 e. The van der Waals surface area contributed by atoms with Crippen molar-refractivity contribution in [2.45, 2.75) is 25.8 Å². The minimum atomic E-state index is 0.546. The molecule has 2 nitrogen and oxygen atoms in total. The molecule has 0 spiro atoms. The molecule has 0 bridgehead atoms. The zero-order valence-corrected chi connectivity index (χ0v) is 11.4. The van der Waals surface area contributed by atoms with Crippen LogP contribution in [0.5, 0.6) is 0 Å². The standard InChI is InChI=1S/C16H24N2/c1-3-4-8-16(18-11-9-17-10-12-18)15-7-5-6-14(2)13-15/h3,5-7,13,16-17H,1,4,8-12H2,2H3/t16-/m1/s1. The molecular weight excluding hydrogens is 220 g/mol. The van der Waals surface area contributed by atoms with Gasteiger partial charge in [0, 0.05) is 32.2 Å². The van der Waals surface area contributed by atoms with Crippen LogP contribution < -0.4 is 5.32 Å². The second-order valence-electron chi connectivity index (χ2n) is 5.08. The first kappa shape index (κ1) is 13.3. The number of benzene rings is 1. The summed E-state index contributed by atoms with van der Waals surface area (Å²) in [5, 5.41) is 3.43. The summed E-state index contributed by atoms with van der Waals surface area (Å²) in [6.45, 7) is 10.5. The Morgan fingerprint density at radius 2 is 2.17 bits per heavy atom. The maximum Gasteiger partial charge on any atom is 0.0352 e. The number of piperazine rings is 1.